The summed E-state index contributed by atoms with van der Waals surface area (Å²) >= 11 is 0. The molecular weight excluding hydrogens is 272 g/mol. The van der Waals surface area contributed by atoms with Crippen molar-refractivity contribution in [1.82, 2.24) is 4.90 Å². The monoisotopic (exact) mass is 296 g/mol. The largest absolute Gasteiger partial charge is 0.337 e. The van der Waals surface area contributed by atoms with Crippen LogP contribution < -0.4 is 5.73 Å². The van der Waals surface area contributed by atoms with E-state index >= 15 is 0 Å². The minimum atomic E-state index is -0.231. The first-order chi connectivity index (χ1) is 8.93. The van der Waals surface area contributed by atoms with Gasteiger partial charge in [-0.15, -0.1) is 12.4 Å². The highest BCUT2D eigenvalue weighted by molar-refractivity contribution is 5.85. The molecule has 1 fully saturated rings. The number of hydrogen-bond donors (Lipinski definition) is 1. The summed E-state index contributed by atoms with van der Waals surface area (Å²) in [6.45, 7) is 7.07. The van der Waals surface area contributed by atoms with Crippen LogP contribution in [0.15, 0.2) is 30.3 Å². The number of hydrogen-bond acceptors (Lipinski definition) is 2. The van der Waals surface area contributed by atoms with Crippen molar-refractivity contribution in [3.8, 4) is 0 Å². The van der Waals surface area contributed by atoms with Crippen molar-refractivity contribution in [1.29, 1.82) is 0 Å². The molecule has 0 aromatic heterocycles. The Morgan fingerprint density at radius 3 is 2.40 bits per heavy atom. The van der Waals surface area contributed by atoms with E-state index in [0.717, 1.165) is 24.9 Å². The van der Waals surface area contributed by atoms with Crippen LogP contribution in [-0.2, 0) is 4.79 Å². The number of carbonyl (C=O) groups excluding carboxylic acids is 1. The van der Waals surface area contributed by atoms with E-state index in [9.17, 15) is 4.79 Å². The number of nitrogens with zero attached hydrogens (tertiary/aromatic N) is 1. The summed E-state index contributed by atoms with van der Waals surface area (Å²) in [6, 6.07) is 9.64. The fraction of sp³-hybridized carbons (Fsp3) is 0.562. The molecule has 2 atom stereocenters. The molecule has 3 nitrogen and oxygen atoms in total. The maximum Gasteiger partial charge on any atom is 0.227 e. The van der Waals surface area contributed by atoms with Crippen LogP contribution in [-0.4, -0.2) is 22.9 Å². The van der Waals surface area contributed by atoms with Crippen LogP contribution in [0.4, 0.5) is 0 Å². The number of carbonyl (C=O) groups is 1. The zero-order valence-electron chi connectivity index (χ0n) is 12.5. The van der Waals surface area contributed by atoms with Crippen LogP contribution in [0, 0.1) is 5.92 Å². The summed E-state index contributed by atoms with van der Waals surface area (Å²) in [5, 5.41) is 0. The van der Waals surface area contributed by atoms with Gasteiger partial charge < -0.3 is 10.6 Å². The molecule has 0 aliphatic carbocycles. The summed E-state index contributed by atoms with van der Waals surface area (Å²) in [5.41, 5.74) is 7.25. The first kappa shape index (κ1) is 17.0. The lowest BCUT2D eigenvalue weighted by Gasteiger charge is -2.35. The van der Waals surface area contributed by atoms with Gasteiger partial charge in [-0.05, 0) is 32.3 Å². The highest BCUT2D eigenvalue weighted by atomic mass is 35.5. The van der Waals surface area contributed by atoms with E-state index < -0.39 is 0 Å². The van der Waals surface area contributed by atoms with E-state index in [0.29, 0.717) is 0 Å². The molecule has 1 amide bonds. The molecule has 112 valence electrons. The second-order valence-electron chi connectivity index (χ2n) is 6.13. The van der Waals surface area contributed by atoms with Crippen LogP contribution in [0.1, 0.15) is 45.2 Å². The molecule has 0 radical (unpaired) electrons. The van der Waals surface area contributed by atoms with Crippen LogP contribution in [0.25, 0.3) is 0 Å². The zero-order valence-corrected chi connectivity index (χ0v) is 13.3. The van der Waals surface area contributed by atoms with Gasteiger partial charge in [0.2, 0.25) is 5.91 Å². The molecule has 1 aromatic carbocycles. The van der Waals surface area contributed by atoms with Crippen LogP contribution in [0.5, 0.6) is 0 Å². The molecule has 1 aliphatic heterocycles. The minimum Gasteiger partial charge on any atom is -0.337 e. The van der Waals surface area contributed by atoms with Gasteiger partial charge >= 0.3 is 0 Å². The number of amides is 1. The topological polar surface area (TPSA) is 46.3 Å². The first-order valence-corrected chi connectivity index (χ1v) is 7.05. The Bertz CT molecular complexity index is 447. The molecule has 20 heavy (non-hydrogen) atoms. The first-order valence-electron chi connectivity index (χ1n) is 7.05. The van der Waals surface area contributed by atoms with Crippen LogP contribution in [0.2, 0.25) is 0 Å². The molecule has 1 aliphatic rings. The van der Waals surface area contributed by atoms with Gasteiger partial charge in [-0.3, -0.25) is 4.79 Å². The van der Waals surface area contributed by atoms with Crippen molar-refractivity contribution >= 4 is 18.3 Å². The fourth-order valence-corrected chi connectivity index (χ4v) is 2.88. The number of nitrogens with two attached hydrogens (primary N) is 1. The molecule has 1 saturated heterocycles. The lowest BCUT2D eigenvalue weighted by Crippen LogP contribution is -2.47. The highest BCUT2D eigenvalue weighted by Crippen LogP contribution is 2.31. The predicted octanol–water partition coefficient (Wildman–Crippen LogP) is 3.15. The standard InChI is InChI=1S/C16H24N2O.ClH/c1-12(14(17)13-8-5-4-6-9-13)15(19)18-11-7-10-16(18,2)3;/h4-6,8-9,12,14H,7,10-11,17H2,1-3H3;1H. The van der Waals surface area contributed by atoms with Crippen molar-refractivity contribution in [2.24, 2.45) is 11.7 Å². The molecule has 1 heterocycles. The van der Waals surface area contributed by atoms with Gasteiger partial charge in [0.25, 0.3) is 0 Å². The maximum atomic E-state index is 12.6. The van der Waals surface area contributed by atoms with Crippen LogP contribution in [0.3, 0.4) is 0 Å². The second-order valence-corrected chi connectivity index (χ2v) is 6.13. The molecule has 0 spiro atoms. The Labute approximate surface area is 127 Å². The quantitative estimate of drug-likeness (QED) is 0.931. The smallest absolute Gasteiger partial charge is 0.227 e. The second kappa shape index (κ2) is 6.59. The molecule has 1 aromatic rings. The molecule has 0 saturated carbocycles. The fourth-order valence-electron chi connectivity index (χ4n) is 2.88. The number of rotatable bonds is 3. The lowest BCUT2D eigenvalue weighted by atomic mass is 9.92. The van der Waals surface area contributed by atoms with Gasteiger partial charge in [0.15, 0.2) is 0 Å². The van der Waals surface area contributed by atoms with Gasteiger partial charge in [0.05, 0.1) is 5.92 Å². The van der Waals surface area contributed by atoms with Crippen molar-refractivity contribution in [3.05, 3.63) is 35.9 Å². The molecule has 2 unspecified atom stereocenters. The van der Waals surface area contributed by atoms with E-state index in [1.807, 2.05) is 42.2 Å². The summed E-state index contributed by atoms with van der Waals surface area (Å²) < 4.78 is 0. The Balaban J connectivity index is 0.00000200. The summed E-state index contributed by atoms with van der Waals surface area (Å²) in [5.74, 6) is -0.00127. The van der Waals surface area contributed by atoms with Gasteiger partial charge in [0.1, 0.15) is 0 Å². The number of benzene rings is 1. The van der Waals surface area contributed by atoms with E-state index in [1.54, 1.807) is 0 Å². The zero-order chi connectivity index (χ0) is 14.0. The maximum absolute atomic E-state index is 12.6. The molecule has 0 bridgehead atoms. The Morgan fingerprint density at radius 2 is 1.90 bits per heavy atom. The van der Waals surface area contributed by atoms with Gasteiger partial charge in [-0.2, -0.15) is 0 Å². The molecule has 2 rings (SSSR count). The third-order valence-corrected chi connectivity index (χ3v) is 4.28. The van der Waals surface area contributed by atoms with Crippen molar-refractivity contribution < 1.29 is 4.79 Å². The van der Waals surface area contributed by atoms with Crippen molar-refractivity contribution in [2.75, 3.05) is 6.54 Å². The normalized spacial score (nSPS) is 20.1. The van der Waals surface area contributed by atoms with Gasteiger partial charge in [-0.25, -0.2) is 0 Å². The Hall–Kier alpha value is -1.06. The predicted molar refractivity (Wildman–Crippen MR) is 84.8 cm³/mol. The van der Waals surface area contributed by atoms with Gasteiger partial charge in [0, 0.05) is 18.1 Å². The Morgan fingerprint density at radius 1 is 1.30 bits per heavy atom. The SMILES string of the molecule is CC(C(=O)N1CCCC1(C)C)C(N)c1ccccc1.Cl. The van der Waals surface area contributed by atoms with Crippen molar-refractivity contribution in [3.63, 3.8) is 0 Å². The molecular formula is C16H25ClN2O. The summed E-state index contributed by atoms with van der Waals surface area (Å²) in [7, 11) is 0. The van der Waals surface area contributed by atoms with E-state index in [1.165, 1.54) is 0 Å². The average Bonchev–Trinajstić information content (AvgIpc) is 2.77. The van der Waals surface area contributed by atoms with Crippen LogP contribution >= 0.6 is 12.4 Å². The van der Waals surface area contributed by atoms with Gasteiger partial charge in [-0.1, -0.05) is 37.3 Å². The minimum absolute atomic E-state index is 0. The summed E-state index contributed by atoms with van der Waals surface area (Å²) in [4.78, 5) is 14.6. The molecule has 4 heteroatoms. The van der Waals surface area contributed by atoms with E-state index in [4.69, 9.17) is 5.73 Å². The highest BCUT2D eigenvalue weighted by Gasteiger charge is 2.38. The van der Waals surface area contributed by atoms with E-state index in [2.05, 4.69) is 13.8 Å². The van der Waals surface area contributed by atoms with E-state index in [-0.39, 0.29) is 35.8 Å². The number of halogens is 1. The molecule has 2 N–H and O–H groups in total. The lowest BCUT2D eigenvalue weighted by molar-refractivity contribution is -0.138. The summed E-state index contributed by atoms with van der Waals surface area (Å²) in [6.07, 6.45) is 2.16. The number of likely N-dealkylation sites (tertiary alicyclic amines) is 1. The van der Waals surface area contributed by atoms with Crippen molar-refractivity contribution in [2.45, 2.75) is 45.2 Å². The third kappa shape index (κ3) is 3.33. The Kier molecular flexibility index (Phi) is 5.60. The average molecular weight is 297 g/mol. The third-order valence-electron chi connectivity index (χ3n) is 4.28.